The quantitative estimate of drug-likeness (QED) is 0.694. The fourth-order valence-corrected chi connectivity index (χ4v) is 3.00. The Morgan fingerprint density at radius 1 is 1.44 bits per heavy atom. The maximum Gasteiger partial charge on any atom is 0.170 e. The lowest BCUT2D eigenvalue weighted by Gasteiger charge is -2.03. The summed E-state index contributed by atoms with van der Waals surface area (Å²) in [6, 6.07) is 5.25. The SMILES string of the molecule is Cc1nc(CC(=O)c2cc(N)ccc2Br)sc1C. The Kier molecular flexibility index (Phi) is 3.82. The van der Waals surface area contributed by atoms with Gasteiger partial charge in [0.25, 0.3) is 0 Å². The highest BCUT2D eigenvalue weighted by molar-refractivity contribution is 9.10. The molecule has 0 unspecified atom stereocenters. The van der Waals surface area contributed by atoms with E-state index in [1.54, 1.807) is 29.5 Å². The Morgan fingerprint density at radius 3 is 2.78 bits per heavy atom. The van der Waals surface area contributed by atoms with E-state index < -0.39 is 0 Å². The number of carbonyl (C=O) groups is 1. The molecule has 0 bridgehead atoms. The van der Waals surface area contributed by atoms with Gasteiger partial charge in [0, 0.05) is 20.6 Å². The number of thiazole rings is 1. The number of ketones is 1. The Hall–Kier alpha value is -1.20. The van der Waals surface area contributed by atoms with Gasteiger partial charge in [-0.05, 0) is 32.0 Å². The number of Topliss-reactive ketones (excluding diaryl/α,β-unsaturated/α-hetero) is 1. The van der Waals surface area contributed by atoms with Crippen LogP contribution in [-0.4, -0.2) is 10.8 Å². The molecule has 2 rings (SSSR count). The first-order chi connectivity index (χ1) is 8.47. The molecule has 2 aromatic rings. The average Bonchev–Trinajstić information content (AvgIpc) is 2.61. The molecule has 0 fully saturated rings. The molecular weight excluding hydrogens is 312 g/mol. The summed E-state index contributed by atoms with van der Waals surface area (Å²) >= 11 is 4.94. The summed E-state index contributed by atoms with van der Waals surface area (Å²) in [4.78, 5) is 17.7. The second-order valence-electron chi connectivity index (χ2n) is 4.09. The Bertz CT molecular complexity index is 588. The highest BCUT2D eigenvalue weighted by Crippen LogP contribution is 2.23. The van der Waals surface area contributed by atoms with Crippen molar-refractivity contribution in [3.05, 3.63) is 43.8 Å². The first-order valence-electron chi connectivity index (χ1n) is 5.48. The maximum absolute atomic E-state index is 12.2. The summed E-state index contributed by atoms with van der Waals surface area (Å²) < 4.78 is 0.770. The number of hydrogen-bond acceptors (Lipinski definition) is 4. The molecule has 1 heterocycles. The highest BCUT2D eigenvalue weighted by atomic mass is 79.9. The number of nitrogens with zero attached hydrogens (tertiary/aromatic N) is 1. The molecule has 3 nitrogen and oxygen atoms in total. The molecule has 5 heteroatoms. The topological polar surface area (TPSA) is 56.0 Å². The van der Waals surface area contributed by atoms with E-state index >= 15 is 0 Å². The van der Waals surface area contributed by atoms with Crippen LogP contribution in [0, 0.1) is 13.8 Å². The zero-order chi connectivity index (χ0) is 13.3. The van der Waals surface area contributed by atoms with Gasteiger partial charge in [-0.2, -0.15) is 0 Å². The number of nitrogens with two attached hydrogens (primary N) is 1. The van der Waals surface area contributed by atoms with Crippen LogP contribution in [-0.2, 0) is 6.42 Å². The van der Waals surface area contributed by atoms with Crippen molar-refractivity contribution < 1.29 is 4.79 Å². The van der Waals surface area contributed by atoms with E-state index in [0.29, 0.717) is 17.7 Å². The van der Waals surface area contributed by atoms with E-state index in [9.17, 15) is 4.79 Å². The minimum Gasteiger partial charge on any atom is -0.399 e. The molecule has 0 aliphatic heterocycles. The van der Waals surface area contributed by atoms with E-state index in [4.69, 9.17) is 5.73 Å². The van der Waals surface area contributed by atoms with Crippen molar-refractivity contribution in [1.29, 1.82) is 0 Å². The maximum atomic E-state index is 12.2. The van der Waals surface area contributed by atoms with Crippen LogP contribution in [0.15, 0.2) is 22.7 Å². The molecule has 1 aromatic heterocycles. The first kappa shape index (κ1) is 13.2. The molecular formula is C13H13BrN2OS. The van der Waals surface area contributed by atoms with Gasteiger partial charge in [0.2, 0.25) is 0 Å². The van der Waals surface area contributed by atoms with Crippen molar-refractivity contribution in [2.45, 2.75) is 20.3 Å². The molecule has 0 saturated carbocycles. The molecule has 0 atom stereocenters. The minimum absolute atomic E-state index is 0.0305. The van der Waals surface area contributed by atoms with Gasteiger partial charge in [-0.3, -0.25) is 4.79 Å². The van der Waals surface area contributed by atoms with Crippen LogP contribution in [0.2, 0.25) is 0 Å². The summed E-state index contributed by atoms with van der Waals surface area (Å²) in [7, 11) is 0. The largest absolute Gasteiger partial charge is 0.399 e. The number of anilines is 1. The number of nitrogen functional groups attached to an aromatic ring is 1. The van der Waals surface area contributed by atoms with Crippen LogP contribution in [0.4, 0.5) is 5.69 Å². The third-order valence-corrected chi connectivity index (χ3v) is 4.44. The third kappa shape index (κ3) is 2.79. The van der Waals surface area contributed by atoms with E-state index in [0.717, 1.165) is 20.1 Å². The fourth-order valence-electron chi connectivity index (χ4n) is 1.60. The number of benzene rings is 1. The molecule has 1 aromatic carbocycles. The third-order valence-electron chi connectivity index (χ3n) is 2.68. The van der Waals surface area contributed by atoms with Gasteiger partial charge in [0.05, 0.1) is 12.1 Å². The van der Waals surface area contributed by atoms with Crippen molar-refractivity contribution in [3.8, 4) is 0 Å². The Balaban J connectivity index is 2.24. The van der Waals surface area contributed by atoms with Gasteiger partial charge in [-0.15, -0.1) is 11.3 Å². The van der Waals surface area contributed by atoms with Crippen LogP contribution < -0.4 is 5.73 Å². The number of halogens is 1. The summed E-state index contributed by atoms with van der Waals surface area (Å²) in [5.41, 5.74) is 7.90. The molecule has 0 amide bonds. The molecule has 94 valence electrons. The Labute approximate surface area is 118 Å². The first-order valence-corrected chi connectivity index (χ1v) is 7.09. The van der Waals surface area contributed by atoms with E-state index in [2.05, 4.69) is 20.9 Å². The lowest BCUT2D eigenvalue weighted by Crippen LogP contribution is -2.05. The zero-order valence-electron chi connectivity index (χ0n) is 10.2. The van der Waals surface area contributed by atoms with E-state index in [1.165, 1.54) is 0 Å². The highest BCUT2D eigenvalue weighted by Gasteiger charge is 2.14. The van der Waals surface area contributed by atoms with Crippen molar-refractivity contribution >= 4 is 38.7 Å². The van der Waals surface area contributed by atoms with E-state index in [-0.39, 0.29) is 5.78 Å². The van der Waals surface area contributed by atoms with Crippen molar-refractivity contribution in [2.75, 3.05) is 5.73 Å². The van der Waals surface area contributed by atoms with E-state index in [1.807, 2.05) is 13.8 Å². The second-order valence-corrected chi connectivity index (χ2v) is 6.23. The smallest absolute Gasteiger partial charge is 0.170 e. The summed E-state index contributed by atoms with van der Waals surface area (Å²) in [6.45, 7) is 3.97. The summed E-state index contributed by atoms with van der Waals surface area (Å²) in [5.74, 6) is 0.0305. The summed E-state index contributed by atoms with van der Waals surface area (Å²) in [5, 5.41) is 0.851. The Morgan fingerprint density at radius 2 is 2.17 bits per heavy atom. The average molecular weight is 325 g/mol. The molecule has 0 radical (unpaired) electrons. The molecule has 18 heavy (non-hydrogen) atoms. The fraction of sp³-hybridized carbons (Fsp3) is 0.231. The van der Waals surface area contributed by atoms with Crippen molar-refractivity contribution in [3.63, 3.8) is 0 Å². The second kappa shape index (κ2) is 5.20. The van der Waals surface area contributed by atoms with Gasteiger partial charge < -0.3 is 5.73 Å². The lowest BCUT2D eigenvalue weighted by molar-refractivity contribution is 0.0992. The number of hydrogen-bond donors (Lipinski definition) is 1. The lowest BCUT2D eigenvalue weighted by atomic mass is 10.1. The van der Waals surface area contributed by atoms with Crippen LogP contribution >= 0.6 is 27.3 Å². The van der Waals surface area contributed by atoms with Crippen LogP contribution in [0.1, 0.15) is 25.9 Å². The van der Waals surface area contributed by atoms with Gasteiger partial charge in [-0.25, -0.2) is 4.98 Å². The molecule has 0 spiro atoms. The number of carbonyl (C=O) groups excluding carboxylic acids is 1. The standard InChI is InChI=1S/C13H13BrN2OS/c1-7-8(2)18-13(16-7)6-12(17)10-5-9(15)3-4-11(10)14/h3-5H,6,15H2,1-2H3. The number of aryl methyl sites for hydroxylation is 2. The molecule has 0 aliphatic carbocycles. The van der Waals surface area contributed by atoms with Crippen molar-refractivity contribution in [2.24, 2.45) is 0 Å². The van der Waals surface area contributed by atoms with Crippen LogP contribution in [0.3, 0.4) is 0 Å². The van der Waals surface area contributed by atoms with Gasteiger partial charge in [0.15, 0.2) is 5.78 Å². The minimum atomic E-state index is 0.0305. The normalized spacial score (nSPS) is 10.6. The molecule has 2 N–H and O–H groups in total. The van der Waals surface area contributed by atoms with Crippen LogP contribution in [0.25, 0.3) is 0 Å². The predicted molar refractivity (Wildman–Crippen MR) is 78.2 cm³/mol. The molecule has 0 aliphatic rings. The number of aromatic nitrogens is 1. The monoisotopic (exact) mass is 324 g/mol. The summed E-state index contributed by atoms with van der Waals surface area (Å²) in [6.07, 6.45) is 0.321. The number of rotatable bonds is 3. The van der Waals surface area contributed by atoms with Crippen molar-refractivity contribution in [1.82, 2.24) is 4.98 Å². The van der Waals surface area contributed by atoms with Gasteiger partial charge >= 0.3 is 0 Å². The zero-order valence-corrected chi connectivity index (χ0v) is 12.6. The van der Waals surface area contributed by atoms with Crippen LogP contribution in [0.5, 0.6) is 0 Å². The molecule has 0 saturated heterocycles. The predicted octanol–water partition coefficient (Wildman–Crippen LogP) is 3.53. The van der Waals surface area contributed by atoms with Gasteiger partial charge in [-0.1, -0.05) is 15.9 Å². The van der Waals surface area contributed by atoms with Gasteiger partial charge in [0.1, 0.15) is 5.01 Å².